The molecular formula is C17H22O3. The number of rotatable bonds is 4. The third-order valence-corrected chi connectivity index (χ3v) is 4.80. The van der Waals surface area contributed by atoms with Crippen molar-refractivity contribution in [1.29, 1.82) is 0 Å². The molecule has 3 heteroatoms. The molecule has 0 aromatic heterocycles. The number of ketones is 1. The molecule has 0 bridgehead atoms. The standard InChI is InChI=1S/C17H22O3/c1-16(2)11-20-15-6-5-12(9-13(15)16)14(18)10-17(19-3)7-4-8-17/h5-6,9H,4,7-8,10-11H2,1-3H3. The Morgan fingerprint density at radius 1 is 1.35 bits per heavy atom. The van der Waals surface area contributed by atoms with Gasteiger partial charge in [-0.3, -0.25) is 4.79 Å². The van der Waals surface area contributed by atoms with Crippen molar-refractivity contribution in [2.75, 3.05) is 13.7 Å². The zero-order valence-electron chi connectivity index (χ0n) is 12.5. The number of benzene rings is 1. The van der Waals surface area contributed by atoms with Crippen LogP contribution in [0.15, 0.2) is 18.2 Å². The van der Waals surface area contributed by atoms with E-state index in [4.69, 9.17) is 9.47 Å². The van der Waals surface area contributed by atoms with Gasteiger partial charge in [0, 0.05) is 30.1 Å². The Balaban J connectivity index is 1.83. The minimum Gasteiger partial charge on any atom is -0.492 e. The van der Waals surface area contributed by atoms with Gasteiger partial charge in [-0.25, -0.2) is 0 Å². The van der Waals surface area contributed by atoms with Crippen LogP contribution in [0.4, 0.5) is 0 Å². The highest BCUT2D eigenvalue weighted by Crippen LogP contribution is 2.41. The molecule has 2 aliphatic rings. The van der Waals surface area contributed by atoms with E-state index < -0.39 is 0 Å². The average molecular weight is 274 g/mol. The van der Waals surface area contributed by atoms with Crippen LogP contribution in [0.25, 0.3) is 0 Å². The summed E-state index contributed by atoms with van der Waals surface area (Å²) in [7, 11) is 1.71. The Morgan fingerprint density at radius 2 is 2.10 bits per heavy atom. The Bertz CT molecular complexity index is 536. The fraction of sp³-hybridized carbons (Fsp3) is 0.588. The summed E-state index contributed by atoms with van der Waals surface area (Å²) in [5, 5.41) is 0. The molecule has 1 aliphatic heterocycles. The van der Waals surface area contributed by atoms with Gasteiger partial charge in [0.05, 0.1) is 12.2 Å². The number of Topliss-reactive ketones (excluding diaryl/α,β-unsaturated/α-hetero) is 1. The minimum absolute atomic E-state index is 0.0129. The van der Waals surface area contributed by atoms with Crippen LogP contribution in [-0.2, 0) is 10.2 Å². The second-order valence-electron chi connectivity index (χ2n) is 6.72. The highest BCUT2D eigenvalue weighted by atomic mass is 16.5. The monoisotopic (exact) mass is 274 g/mol. The molecule has 108 valence electrons. The largest absolute Gasteiger partial charge is 0.492 e. The van der Waals surface area contributed by atoms with Crippen molar-refractivity contribution in [3.63, 3.8) is 0 Å². The van der Waals surface area contributed by atoms with Gasteiger partial charge in [-0.2, -0.15) is 0 Å². The Labute approximate surface area is 120 Å². The lowest BCUT2D eigenvalue weighted by molar-refractivity contribution is -0.0704. The summed E-state index contributed by atoms with van der Waals surface area (Å²) in [4.78, 5) is 12.5. The molecule has 0 saturated heterocycles. The van der Waals surface area contributed by atoms with E-state index in [1.54, 1.807) is 7.11 Å². The maximum atomic E-state index is 12.5. The first-order chi connectivity index (χ1) is 9.46. The van der Waals surface area contributed by atoms with Crippen LogP contribution >= 0.6 is 0 Å². The molecule has 0 atom stereocenters. The van der Waals surface area contributed by atoms with Gasteiger partial charge < -0.3 is 9.47 Å². The van der Waals surface area contributed by atoms with Crippen molar-refractivity contribution in [3.05, 3.63) is 29.3 Å². The van der Waals surface area contributed by atoms with Crippen LogP contribution in [-0.4, -0.2) is 25.1 Å². The molecule has 0 unspecified atom stereocenters. The van der Waals surface area contributed by atoms with E-state index in [-0.39, 0.29) is 16.8 Å². The van der Waals surface area contributed by atoms with Crippen LogP contribution in [0.1, 0.15) is 55.5 Å². The quantitative estimate of drug-likeness (QED) is 0.788. The maximum Gasteiger partial charge on any atom is 0.165 e. The number of hydrogen-bond acceptors (Lipinski definition) is 3. The first-order valence-corrected chi connectivity index (χ1v) is 7.32. The second kappa shape index (κ2) is 4.59. The average Bonchev–Trinajstić information content (AvgIpc) is 2.69. The van der Waals surface area contributed by atoms with Gasteiger partial charge in [-0.15, -0.1) is 0 Å². The fourth-order valence-corrected chi connectivity index (χ4v) is 3.11. The first-order valence-electron chi connectivity index (χ1n) is 7.32. The number of hydrogen-bond donors (Lipinski definition) is 0. The molecule has 1 aromatic carbocycles. The predicted octanol–water partition coefficient (Wildman–Crippen LogP) is 3.50. The molecule has 3 rings (SSSR count). The third kappa shape index (κ3) is 2.14. The summed E-state index contributed by atoms with van der Waals surface area (Å²) in [6, 6.07) is 5.81. The van der Waals surface area contributed by atoms with E-state index in [1.807, 2.05) is 18.2 Å². The summed E-state index contributed by atoms with van der Waals surface area (Å²) in [5.74, 6) is 1.09. The van der Waals surface area contributed by atoms with E-state index in [1.165, 1.54) is 0 Å². The van der Waals surface area contributed by atoms with E-state index in [9.17, 15) is 4.79 Å². The smallest absolute Gasteiger partial charge is 0.165 e. The van der Waals surface area contributed by atoms with Crippen molar-refractivity contribution in [3.8, 4) is 5.75 Å². The topological polar surface area (TPSA) is 35.5 Å². The van der Waals surface area contributed by atoms with Crippen molar-refractivity contribution in [2.45, 2.75) is 50.5 Å². The fourth-order valence-electron chi connectivity index (χ4n) is 3.11. The summed E-state index contributed by atoms with van der Waals surface area (Å²) in [6.07, 6.45) is 3.64. The van der Waals surface area contributed by atoms with Gasteiger partial charge in [-0.1, -0.05) is 13.8 Å². The molecule has 0 spiro atoms. The van der Waals surface area contributed by atoms with Crippen molar-refractivity contribution >= 4 is 5.78 Å². The second-order valence-corrected chi connectivity index (χ2v) is 6.72. The van der Waals surface area contributed by atoms with Crippen LogP contribution in [0.2, 0.25) is 0 Å². The SMILES string of the molecule is COC1(CC(=O)c2ccc3c(c2)C(C)(C)CO3)CCC1. The van der Waals surface area contributed by atoms with Gasteiger partial charge in [-0.05, 0) is 37.5 Å². The molecule has 1 aliphatic carbocycles. The summed E-state index contributed by atoms with van der Waals surface area (Å²) < 4.78 is 11.2. The van der Waals surface area contributed by atoms with Crippen LogP contribution < -0.4 is 4.74 Å². The van der Waals surface area contributed by atoms with Crippen LogP contribution in [0.3, 0.4) is 0 Å². The van der Waals surface area contributed by atoms with E-state index in [0.717, 1.165) is 36.1 Å². The zero-order valence-corrected chi connectivity index (χ0v) is 12.5. The predicted molar refractivity (Wildman–Crippen MR) is 77.5 cm³/mol. The lowest BCUT2D eigenvalue weighted by Gasteiger charge is -2.40. The van der Waals surface area contributed by atoms with E-state index in [0.29, 0.717) is 13.0 Å². The minimum atomic E-state index is -0.206. The Hall–Kier alpha value is -1.35. The molecular weight excluding hydrogens is 252 g/mol. The van der Waals surface area contributed by atoms with Crippen molar-refractivity contribution in [2.24, 2.45) is 0 Å². The number of methoxy groups -OCH3 is 1. The normalized spacial score (nSPS) is 21.8. The molecule has 1 saturated carbocycles. The highest BCUT2D eigenvalue weighted by Gasteiger charge is 2.39. The molecule has 1 aromatic rings. The highest BCUT2D eigenvalue weighted by molar-refractivity contribution is 5.97. The molecule has 1 fully saturated rings. The lowest BCUT2D eigenvalue weighted by Crippen LogP contribution is -2.41. The van der Waals surface area contributed by atoms with Crippen molar-refractivity contribution in [1.82, 2.24) is 0 Å². The number of carbonyl (C=O) groups is 1. The molecule has 0 amide bonds. The van der Waals surface area contributed by atoms with Gasteiger partial charge in [0.25, 0.3) is 0 Å². The van der Waals surface area contributed by atoms with E-state index in [2.05, 4.69) is 13.8 Å². The first kappa shape index (κ1) is 13.6. The van der Waals surface area contributed by atoms with Gasteiger partial charge in [0.1, 0.15) is 5.75 Å². The molecule has 0 radical (unpaired) electrons. The Morgan fingerprint density at radius 3 is 2.70 bits per heavy atom. The number of carbonyl (C=O) groups excluding carboxylic acids is 1. The maximum absolute atomic E-state index is 12.5. The van der Waals surface area contributed by atoms with E-state index >= 15 is 0 Å². The van der Waals surface area contributed by atoms with Crippen molar-refractivity contribution < 1.29 is 14.3 Å². The third-order valence-electron chi connectivity index (χ3n) is 4.80. The molecule has 1 heterocycles. The van der Waals surface area contributed by atoms with Gasteiger partial charge in [0.2, 0.25) is 0 Å². The number of fused-ring (bicyclic) bond motifs is 1. The molecule has 20 heavy (non-hydrogen) atoms. The summed E-state index contributed by atoms with van der Waals surface area (Å²) in [5.41, 5.74) is 1.71. The van der Waals surface area contributed by atoms with Crippen LogP contribution in [0, 0.1) is 0 Å². The molecule has 3 nitrogen and oxygen atoms in total. The summed E-state index contributed by atoms with van der Waals surface area (Å²) in [6.45, 7) is 4.98. The zero-order chi connectivity index (χ0) is 14.4. The summed E-state index contributed by atoms with van der Waals surface area (Å²) >= 11 is 0. The van der Waals surface area contributed by atoms with Gasteiger partial charge in [0.15, 0.2) is 5.78 Å². The number of ether oxygens (including phenoxy) is 2. The van der Waals surface area contributed by atoms with Gasteiger partial charge >= 0.3 is 0 Å². The molecule has 0 N–H and O–H groups in total. The lowest BCUT2D eigenvalue weighted by atomic mass is 9.75. The van der Waals surface area contributed by atoms with Crippen LogP contribution in [0.5, 0.6) is 5.75 Å². The Kier molecular flexibility index (Phi) is 3.13.